The van der Waals surface area contributed by atoms with Crippen molar-refractivity contribution in [2.45, 2.75) is 20.4 Å². The maximum absolute atomic E-state index is 12.8. The van der Waals surface area contributed by atoms with E-state index in [-0.39, 0.29) is 18.1 Å². The molecule has 0 saturated carbocycles. The third-order valence-corrected chi connectivity index (χ3v) is 5.23. The van der Waals surface area contributed by atoms with Crippen LogP contribution in [0.3, 0.4) is 0 Å². The number of oxazole rings is 1. The molecule has 0 atom stereocenters. The number of aryl methyl sites for hydroxylation is 1. The van der Waals surface area contributed by atoms with Gasteiger partial charge in [-0.2, -0.15) is 0 Å². The summed E-state index contributed by atoms with van der Waals surface area (Å²) < 4.78 is 23.2. The van der Waals surface area contributed by atoms with Crippen molar-refractivity contribution in [2.75, 3.05) is 31.9 Å². The number of nitrogens with one attached hydrogen (secondary N) is 1. The van der Waals surface area contributed by atoms with Crippen LogP contribution in [0.4, 0.5) is 11.5 Å². The molecule has 2 heterocycles. The van der Waals surface area contributed by atoms with Gasteiger partial charge >= 0.3 is 0 Å². The number of benzene rings is 2. The van der Waals surface area contributed by atoms with Gasteiger partial charge in [0.2, 0.25) is 5.89 Å². The minimum absolute atomic E-state index is 0.00679. The molecule has 1 amide bonds. The number of nitrogen functional groups attached to an aromatic ring is 1. The minimum Gasteiger partial charge on any atom is -0.494 e. The van der Waals surface area contributed by atoms with Gasteiger partial charge in [0.15, 0.2) is 23.0 Å². The Morgan fingerprint density at radius 2 is 1.86 bits per heavy atom. The molecular formula is C24H26N6O5. The van der Waals surface area contributed by atoms with E-state index in [1.807, 2.05) is 31.2 Å². The van der Waals surface area contributed by atoms with Crippen molar-refractivity contribution in [3.8, 4) is 28.7 Å². The van der Waals surface area contributed by atoms with E-state index in [1.54, 1.807) is 25.1 Å². The molecule has 4 rings (SSSR count). The molecule has 0 aliphatic rings. The molecule has 0 saturated heterocycles. The highest BCUT2D eigenvalue weighted by Gasteiger charge is 2.20. The molecule has 0 aliphatic carbocycles. The molecule has 2 aromatic carbocycles. The van der Waals surface area contributed by atoms with Gasteiger partial charge < -0.3 is 29.7 Å². The molecule has 0 unspecified atom stereocenters. The summed E-state index contributed by atoms with van der Waals surface area (Å²) in [4.78, 5) is 17.3. The first-order valence-corrected chi connectivity index (χ1v) is 10.8. The number of ether oxygens (including phenoxy) is 3. The largest absolute Gasteiger partial charge is 0.494 e. The molecule has 0 bridgehead atoms. The SMILES string of the molecule is CCOc1ccc(-c2nc(Cn3nnc(C(=O)Nc4ccc(OC)c(OC)c4)c3N)c(C)o2)cc1. The molecule has 4 aromatic rings. The van der Waals surface area contributed by atoms with Gasteiger partial charge in [-0.1, -0.05) is 5.21 Å². The molecule has 3 N–H and O–H groups in total. The normalized spacial score (nSPS) is 10.7. The van der Waals surface area contributed by atoms with Crippen molar-refractivity contribution in [1.82, 2.24) is 20.0 Å². The summed E-state index contributed by atoms with van der Waals surface area (Å²) in [5, 5.41) is 10.7. The van der Waals surface area contributed by atoms with Crippen LogP contribution in [0.15, 0.2) is 46.9 Å². The third kappa shape index (κ3) is 5.03. The fourth-order valence-electron chi connectivity index (χ4n) is 3.40. The van der Waals surface area contributed by atoms with Crippen LogP contribution in [0.25, 0.3) is 11.5 Å². The first kappa shape index (κ1) is 23.6. The number of hydrogen-bond acceptors (Lipinski definition) is 9. The van der Waals surface area contributed by atoms with Crippen LogP contribution >= 0.6 is 0 Å². The van der Waals surface area contributed by atoms with Gasteiger partial charge in [-0.05, 0) is 50.2 Å². The zero-order valence-corrected chi connectivity index (χ0v) is 19.9. The standard InChI is InChI=1S/C24H26N6O5/c1-5-34-17-9-6-15(7-10-17)24-27-18(14(2)35-24)13-30-22(25)21(28-29-30)23(31)26-16-8-11-19(32-3)20(12-16)33-4/h6-12H,5,13,25H2,1-4H3,(H,26,31). The smallest absolute Gasteiger partial charge is 0.280 e. The van der Waals surface area contributed by atoms with Crippen LogP contribution in [0.2, 0.25) is 0 Å². The van der Waals surface area contributed by atoms with E-state index < -0.39 is 5.91 Å². The lowest BCUT2D eigenvalue weighted by molar-refractivity contribution is 0.102. The molecule has 0 aliphatic heterocycles. The van der Waals surface area contributed by atoms with Gasteiger partial charge in [-0.3, -0.25) is 4.79 Å². The predicted octanol–water partition coefficient (Wildman–Crippen LogP) is 3.54. The summed E-state index contributed by atoms with van der Waals surface area (Å²) in [6.45, 7) is 4.51. The summed E-state index contributed by atoms with van der Waals surface area (Å²) in [7, 11) is 3.05. The van der Waals surface area contributed by atoms with E-state index in [0.717, 1.165) is 11.3 Å². The van der Waals surface area contributed by atoms with Gasteiger partial charge in [-0.15, -0.1) is 5.10 Å². The molecule has 11 nitrogen and oxygen atoms in total. The average molecular weight is 479 g/mol. The maximum atomic E-state index is 12.8. The van der Waals surface area contributed by atoms with Gasteiger partial charge in [0.1, 0.15) is 17.2 Å². The predicted molar refractivity (Wildman–Crippen MR) is 129 cm³/mol. The van der Waals surface area contributed by atoms with Crippen molar-refractivity contribution in [1.29, 1.82) is 0 Å². The first-order valence-electron chi connectivity index (χ1n) is 10.8. The summed E-state index contributed by atoms with van der Waals surface area (Å²) >= 11 is 0. The van der Waals surface area contributed by atoms with Crippen LogP contribution in [-0.4, -0.2) is 46.7 Å². The highest BCUT2D eigenvalue weighted by Crippen LogP contribution is 2.30. The molecule has 182 valence electrons. The number of nitrogens with zero attached hydrogens (tertiary/aromatic N) is 4. The van der Waals surface area contributed by atoms with Crippen LogP contribution < -0.4 is 25.3 Å². The fourth-order valence-corrected chi connectivity index (χ4v) is 3.40. The van der Waals surface area contributed by atoms with Crippen molar-refractivity contribution in [2.24, 2.45) is 0 Å². The Bertz CT molecular complexity index is 1330. The quantitative estimate of drug-likeness (QED) is 0.370. The third-order valence-electron chi connectivity index (χ3n) is 5.23. The number of hydrogen-bond donors (Lipinski definition) is 2. The Hall–Kier alpha value is -4.54. The van der Waals surface area contributed by atoms with E-state index in [9.17, 15) is 4.79 Å². The summed E-state index contributed by atoms with van der Waals surface area (Å²) in [5.74, 6) is 2.47. The number of amides is 1. The van der Waals surface area contributed by atoms with Crippen molar-refractivity contribution >= 4 is 17.4 Å². The number of nitrogens with two attached hydrogens (primary N) is 1. The Morgan fingerprint density at radius 1 is 1.11 bits per heavy atom. The Morgan fingerprint density at radius 3 is 2.54 bits per heavy atom. The maximum Gasteiger partial charge on any atom is 0.280 e. The van der Waals surface area contributed by atoms with Crippen molar-refractivity contribution in [3.63, 3.8) is 0 Å². The summed E-state index contributed by atoms with van der Waals surface area (Å²) in [5.41, 5.74) is 8.10. The van der Waals surface area contributed by atoms with E-state index in [2.05, 4.69) is 20.6 Å². The number of aromatic nitrogens is 4. The van der Waals surface area contributed by atoms with Gasteiger partial charge in [0.25, 0.3) is 5.91 Å². The average Bonchev–Trinajstić information content (AvgIpc) is 3.42. The van der Waals surface area contributed by atoms with E-state index in [4.69, 9.17) is 24.4 Å². The van der Waals surface area contributed by atoms with Crippen LogP contribution in [0.5, 0.6) is 17.2 Å². The Balaban J connectivity index is 1.49. The van der Waals surface area contributed by atoms with Gasteiger partial charge in [0, 0.05) is 17.3 Å². The zero-order valence-electron chi connectivity index (χ0n) is 19.9. The van der Waals surface area contributed by atoms with E-state index >= 15 is 0 Å². The van der Waals surface area contributed by atoms with E-state index in [1.165, 1.54) is 18.9 Å². The lowest BCUT2D eigenvalue weighted by Gasteiger charge is -2.10. The van der Waals surface area contributed by atoms with Crippen LogP contribution in [0.1, 0.15) is 28.9 Å². The zero-order chi connectivity index (χ0) is 24.9. The second-order valence-electron chi connectivity index (χ2n) is 7.48. The summed E-state index contributed by atoms with van der Waals surface area (Å²) in [6.07, 6.45) is 0. The lowest BCUT2D eigenvalue weighted by atomic mass is 10.2. The van der Waals surface area contributed by atoms with E-state index in [0.29, 0.717) is 41.1 Å². The molecule has 0 spiro atoms. The number of methoxy groups -OCH3 is 2. The van der Waals surface area contributed by atoms with Gasteiger partial charge in [0.05, 0.1) is 27.4 Å². The highest BCUT2D eigenvalue weighted by atomic mass is 16.5. The molecule has 0 fully saturated rings. The Labute approximate surface area is 201 Å². The monoisotopic (exact) mass is 478 g/mol. The molecule has 11 heteroatoms. The highest BCUT2D eigenvalue weighted by molar-refractivity contribution is 6.05. The van der Waals surface area contributed by atoms with Gasteiger partial charge in [-0.25, -0.2) is 9.67 Å². The van der Waals surface area contributed by atoms with Crippen molar-refractivity contribution < 1.29 is 23.4 Å². The van der Waals surface area contributed by atoms with Crippen LogP contribution in [-0.2, 0) is 6.54 Å². The number of carbonyl (C=O) groups excluding carboxylic acids is 1. The van der Waals surface area contributed by atoms with Crippen molar-refractivity contribution in [3.05, 3.63) is 59.6 Å². The first-order chi connectivity index (χ1) is 16.9. The topological polar surface area (TPSA) is 140 Å². The molecular weight excluding hydrogens is 452 g/mol. The number of rotatable bonds is 9. The minimum atomic E-state index is -0.507. The second kappa shape index (κ2) is 10.2. The fraction of sp³-hybridized carbons (Fsp3) is 0.250. The number of carbonyl (C=O) groups is 1. The van der Waals surface area contributed by atoms with Crippen LogP contribution in [0, 0.1) is 6.92 Å². The molecule has 0 radical (unpaired) electrons. The molecule has 35 heavy (non-hydrogen) atoms. The summed E-state index contributed by atoms with van der Waals surface area (Å²) in [6, 6.07) is 12.5. The molecule has 2 aromatic heterocycles. The Kier molecular flexibility index (Phi) is 6.86. The second-order valence-corrected chi connectivity index (χ2v) is 7.48. The lowest BCUT2D eigenvalue weighted by Crippen LogP contribution is -2.15. The number of anilines is 2.